The van der Waals surface area contributed by atoms with Gasteiger partial charge in [-0.1, -0.05) is 24.6 Å². The van der Waals surface area contributed by atoms with Gasteiger partial charge in [-0.15, -0.1) is 0 Å². The molecule has 0 saturated carbocycles. The van der Waals surface area contributed by atoms with E-state index in [1.807, 2.05) is 16.7 Å². The molecular weight excluding hydrogens is 256 g/mol. The molecule has 2 heterocycles. The number of rotatable bonds is 1. The summed E-state index contributed by atoms with van der Waals surface area (Å²) in [7, 11) is 0. The highest BCUT2D eigenvalue weighted by Gasteiger charge is 2.29. The number of pyridine rings is 1. The maximum absolute atomic E-state index is 12.3. The maximum atomic E-state index is 12.3. The average molecular weight is 271 g/mol. The quantitative estimate of drug-likeness (QED) is 0.736. The van der Waals surface area contributed by atoms with Crippen LogP contribution in [0.15, 0.2) is 18.2 Å². The lowest BCUT2D eigenvalue weighted by Crippen LogP contribution is -2.48. The molecule has 2 rings (SSSR count). The van der Waals surface area contributed by atoms with Crippen molar-refractivity contribution in [1.29, 1.82) is 0 Å². The van der Waals surface area contributed by atoms with Crippen LogP contribution >= 0.6 is 23.4 Å². The molecule has 0 N–H and O–H groups in total. The second-order valence-corrected chi connectivity index (χ2v) is 6.03. The molecule has 5 heteroatoms. The summed E-state index contributed by atoms with van der Waals surface area (Å²) in [6.45, 7) is 5.02. The van der Waals surface area contributed by atoms with E-state index in [9.17, 15) is 4.79 Å². The number of carbonyl (C=O) groups is 1. The highest BCUT2D eigenvalue weighted by atomic mass is 35.5. The van der Waals surface area contributed by atoms with Crippen LogP contribution in [-0.2, 0) is 0 Å². The monoisotopic (exact) mass is 270 g/mol. The number of carbonyl (C=O) groups excluding carboxylic acids is 1. The molecule has 2 unspecified atom stereocenters. The first-order chi connectivity index (χ1) is 8.09. The minimum Gasteiger partial charge on any atom is -0.333 e. The van der Waals surface area contributed by atoms with Gasteiger partial charge in [0, 0.05) is 23.6 Å². The molecule has 1 aliphatic rings. The van der Waals surface area contributed by atoms with Crippen LogP contribution in [0.3, 0.4) is 0 Å². The Balaban J connectivity index is 2.19. The summed E-state index contributed by atoms with van der Waals surface area (Å²) in [6, 6.07) is 5.39. The maximum Gasteiger partial charge on any atom is 0.272 e. The smallest absolute Gasteiger partial charge is 0.272 e. The van der Waals surface area contributed by atoms with Crippen molar-refractivity contribution in [3.63, 3.8) is 0 Å². The molecule has 0 radical (unpaired) electrons. The van der Waals surface area contributed by atoms with Crippen molar-refractivity contribution in [2.75, 3.05) is 12.3 Å². The molecule has 2 atom stereocenters. The summed E-state index contributed by atoms with van der Waals surface area (Å²) in [5.41, 5.74) is 0.434. The van der Waals surface area contributed by atoms with Crippen LogP contribution < -0.4 is 0 Å². The van der Waals surface area contributed by atoms with Gasteiger partial charge in [0.1, 0.15) is 10.8 Å². The molecule has 1 aromatic heterocycles. The molecule has 0 bridgehead atoms. The van der Waals surface area contributed by atoms with Crippen LogP contribution in [0.2, 0.25) is 5.15 Å². The van der Waals surface area contributed by atoms with Gasteiger partial charge in [-0.2, -0.15) is 11.8 Å². The molecule has 0 spiro atoms. The summed E-state index contributed by atoms with van der Waals surface area (Å²) in [5, 5.41) is 0.829. The van der Waals surface area contributed by atoms with Crippen LogP contribution in [-0.4, -0.2) is 39.4 Å². The summed E-state index contributed by atoms with van der Waals surface area (Å²) in [5.74, 6) is 0.963. The second-order valence-electron chi connectivity index (χ2n) is 4.16. The lowest BCUT2D eigenvalue weighted by atomic mass is 10.2. The highest BCUT2D eigenvalue weighted by Crippen LogP contribution is 2.25. The number of nitrogens with zero attached hydrogens (tertiary/aromatic N) is 2. The van der Waals surface area contributed by atoms with E-state index in [0.29, 0.717) is 16.1 Å². The van der Waals surface area contributed by atoms with Gasteiger partial charge in [0.15, 0.2) is 0 Å². The standard InChI is InChI=1S/C12H15ClN2OS/c1-8-9(2)17-7-6-15(8)12(16)10-4-3-5-11(13)14-10/h3-5,8-9H,6-7H2,1-2H3. The SMILES string of the molecule is CC1SCCN(C(=O)c2cccc(Cl)n2)C1C. The number of halogens is 1. The number of aromatic nitrogens is 1. The predicted octanol–water partition coefficient (Wildman–Crippen LogP) is 2.70. The molecule has 92 valence electrons. The van der Waals surface area contributed by atoms with E-state index in [2.05, 4.69) is 18.8 Å². The third-order valence-corrected chi connectivity index (χ3v) is 4.63. The molecule has 1 saturated heterocycles. The Morgan fingerprint density at radius 1 is 1.53 bits per heavy atom. The molecule has 1 amide bonds. The lowest BCUT2D eigenvalue weighted by Gasteiger charge is -2.37. The van der Waals surface area contributed by atoms with Crippen LogP contribution in [0, 0.1) is 0 Å². The summed E-state index contributed by atoms with van der Waals surface area (Å²) >= 11 is 7.71. The second kappa shape index (κ2) is 5.27. The zero-order chi connectivity index (χ0) is 12.4. The molecule has 1 aromatic rings. The van der Waals surface area contributed by atoms with E-state index in [1.165, 1.54) is 0 Å². The summed E-state index contributed by atoms with van der Waals surface area (Å²) in [4.78, 5) is 18.3. The minimum atomic E-state index is -0.0212. The van der Waals surface area contributed by atoms with Gasteiger partial charge >= 0.3 is 0 Å². The largest absolute Gasteiger partial charge is 0.333 e. The molecule has 0 aliphatic carbocycles. The van der Waals surface area contributed by atoms with Crippen molar-refractivity contribution in [2.45, 2.75) is 25.1 Å². The third kappa shape index (κ3) is 2.75. The van der Waals surface area contributed by atoms with Gasteiger partial charge in [-0.25, -0.2) is 4.98 Å². The van der Waals surface area contributed by atoms with Gasteiger partial charge in [0.05, 0.1) is 0 Å². The Labute approximate surface area is 111 Å². The van der Waals surface area contributed by atoms with Crippen LogP contribution in [0.4, 0.5) is 0 Å². The first-order valence-electron chi connectivity index (χ1n) is 5.64. The fraction of sp³-hybridized carbons (Fsp3) is 0.500. The van der Waals surface area contributed by atoms with Crippen molar-refractivity contribution in [1.82, 2.24) is 9.88 Å². The van der Waals surface area contributed by atoms with Crippen LogP contribution in [0.1, 0.15) is 24.3 Å². The third-order valence-electron chi connectivity index (χ3n) is 3.08. The zero-order valence-electron chi connectivity index (χ0n) is 9.89. The number of hydrogen-bond donors (Lipinski definition) is 0. The Hall–Kier alpha value is -0.740. The molecule has 17 heavy (non-hydrogen) atoms. The van der Waals surface area contributed by atoms with Crippen molar-refractivity contribution < 1.29 is 4.79 Å². The first kappa shape index (κ1) is 12.7. The van der Waals surface area contributed by atoms with Gasteiger partial charge in [-0.3, -0.25) is 4.79 Å². The Morgan fingerprint density at radius 2 is 2.29 bits per heavy atom. The fourth-order valence-corrected chi connectivity index (χ4v) is 3.16. The summed E-state index contributed by atoms with van der Waals surface area (Å²) < 4.78 is 0. The van der Waals surface area contributed by atoms with E-state index in [0.717, 1.165) is 12.3 Å². The first-order valence-corrected chi connectivity index (χ1v) is 7.07. The molecular formula is C12H15ClN2OS. The predicted molar refractivity (Wildman–Crippen MR) is 71.7 cm³/mol. The van der Waals surface area contributed by atoms with E-state index in [-0.39, 0.29) is 11.9 Å². The highest BCUT2D eigenvalue weighted by molar-refractivity contribution is 8.00. The van der Waals surface area contributed by atoms with Crippen molar-refractivity contribution in [3.8, 4) is 0 Å². The van der Waals surface area contributed by atoms with E-state index in [1.54, 1.807) is 18.2 Å². The van der Waals surface area contributed by atoms with Crippen LogP contribution in [0.25, 0.3) is 0 Å². The summed E-state index contributed by atoms with van der Waals surface area (Å²) in [6.07, 6.45) is 0. The Bertz CT molecular complexity index is 427. The Kier molecular flexibility index (Phi) is 3.94. The normalized spacial score (nSPS) is 24.8. The van der Waals surface area contributed by atoms with Crippen molar-refractivity contribution >= 4 is 29.3 Å². The van der Waals surface area contributed by atoms with Crippen molar-refractivity contribution in [3.05, 3.63) is 29.0 Å². The van der Waals surface area contributed by atoms with E-state index < -0.39 is 0 Å². The molecule has 3 nitrogen and oxygen atoms in total. The molecule has 1 aliphatic heterocycles. The van der Waals surface area contributed by atoms with Crippen molar-refractivity contribution in [2.24, 2.45) is 0 Å². The van der Waals surface area contributed by atoms with Gasteiger partial charge < -0.3 is 4.90 Å². The Morgan fingerprint density at radius 3 is 3.00 bits per heavy atom. The lowest BCUT2D eigenvalue weighted by molar-refractivity contribution is 0.0692. The number of hydrogen-bond acceptors (Lipinski definition) is 3. The average Bonchev–Trinajstić information content (AvgIpc) is 2.32. The fourth-order valence-electron chi connectivity index (χ4n) is 1.89. The van der Waals surface area contributed by atoms with Gasteiger partial charge in [-0.05, 0) is 19.1 Å². The minimum absolute atomic E-state index is 0.0212. The molecule has 1 fully saturated rings. The zero-order valence-corrected chi connectivity index (χ0v) is 11.5. The van der Waals surface area contributed by atoms with E-state index in [4.69, 9.17) is 11.6 Å². The number of amides is 1. The topological polar surface area (TPSA) is 33.2 Å². The molecule has 0 aromatic carbocycles. The van der Waals surface area contributed by atoms with Crippen LogP contribution in [0.5, 0.6) is 0 Å². The number of thioether (sulfide) groups is 1. The van der Waals surface area contributed by atoms with E-state index >= 15 is 0 Å². The van der Waals surface area contributed by atoms with Gasteiger partial charge in [0.2, 0.25) is 0 Å². The van der Waals surface area contributed by atoms with Gasteiger partial charge in [0.25, 0.3) is 5.91 Å².